The Balaban J connectivity index is 1.39. The zero-order valence-electron chi connectivity index (χ0n) is 17.1. The summed E-state index contributed by atoms with van der Waals surface area (Å²) in [4.78, 5) is 18.8. The molecule has 1 aromatic rings. The molecule has 0 spiro atoms. The van der Waals surface area contributed by atoms with Crippen LogP contribution in [0.3, 0.4) is 0 Å². The van der Waals surface area contributed by atoms with Gasteiger partial charge in [-0.2, -0.15) is 0 Å². The van der Waals surface area contributed by atoms with Crippen molar-refractivity contribution in [2.24, 2.45) is 5.92 Å². The first-order valence-electron chi connectivity index (χ1n) is 11.0. The standard InChI is InChI=1S/C23H35N3O/c1-3-24-11-9-22(10-12-24)26-15-8-21-5-4-20(17-23(21)26)16-19-6-13-25(14-7-19)18(2)27/h4-5,17,19,22H,3,6-16H2,1-2H3. The zero-order chi connectivity index (χ0) is 18.8. The summed E-state index contributed by atoms with van der Waals surface area (Å²) < 4.78 is 0. The van der Waals surface area contributed by atoms with Crippen molar-refractivity contribution in [3.8, 4) is 0 Å². The van der Waals surface area contributed by atoms with Crippen molar-refractivity contribution in [3.63, 3.8) is 0 Å². The molecule has 4 heteroatoms. The molecule has 0 saturated carbocycles. The average Bonchev–Trinajstić information content (AvgIpc) is 3.12. The van der Waals surface area contributed by atoms with Crippen LogP contribution < -0.4 is 4.90 Å². The molecule has 0 unspecified atom stereocenters. The van der Waals surface area contributed by atoms with Gasteiger partial charge in [0.2, 0.25) is 5.91 Å². The Kier molecular flexibility index (Phi) is 5.72. The molecule has 0 N–H and O–H groups in total. The van der Waals surface area contributed by atoms with Crippen molar-refractivity contribution in [1.29, 1.82) is 0 Å². The predicted molar refractivity (Wildman–Crippen MR) is 111 cm³/mol. The number of fused-ring (bicyclic) bond motifs is 1. The van der Waals surface area contributed by atoms with Gasteiger partial charge in [-0.3, -0.25) is 4.79 Å². The van der Waals surface area contributed by atoms with Crippen molar-refractivity contribution in [2.75, 3.05) is 44.2 Å². The summed E-state index contributed by atoms with van der Waals surface area (Å²) in [5.41, 5.74) is 4.56. The number of carbonyl (C=O) groups excluding carboxylic acids is 1. The van der Waals surface area contributed by atoms with Crippen LogP contribution in [0.4, 0.5) is 5.69 Å². The van der Waals surface area contributed by atoms with Crippen molar-refractivity contribution < 1.29 is 4.79 Å². The summed E-state index contributed by atoms with van der Waals surface area (Å²) in [5.74, 6) is 0.956. The lowest BCUT2D eigenvalue weighted by Crippen LogP contribution is -2.44. The summed E-state index contributed by atoms with van der Waals surface area (Å²) in [6.07, 6.45) is 7.29. The molecular formula is C23H35N3O. The molecule has 27 heavy (non-hydrogen) atoms. The molecule has 0 aliphatic carbocycles. The molecule has 0 radical (unpaired) electrons. The maximum absolute atomic E-state index is 11.5. The van der Waals surface area contributed by atoms with Gasteiger partial charge in [-0.25, -0.2) is 0 Å². The molecule has 3 aliphatic rings. The van der Waals surface area contributed by atoms with E-state index in [4.69, 9.17) is 0 Å². The SMILES string of the molecule is CCN1CCC(N2CCc3ccc(CC4CCN(C(C)=O)CC4)cc32)CC1. The average molecular weight is 370 g/mol. The highest BCUT2D eigenvalue weighted by molar-refractivity contribution is 5.73. The topological polar surface area (TPSA) is 26.8 Å². The van der Waals surface area contributed by atoms with E-state index in [-0.39, 0.29) is 5.91 Å². The van der Waals surface area contributed by atoms with Crippen LogP contribution in [0, 0.1) is 5.92 Å². The molecule has 148 valence electrons. The fourth-order valence-electron chi connectivity index (χ4n) is 5.29. The second-order valence-corrected chi connectivity index (χ2v) is 8.73. The Morgan fingerprint density at radius 3 is 2.44 bits per heavy atom. The molecule has 1 aromatic carbocycles. The number of rotatable bonds is 4. The monoisotopic (exact) mass is 369 g/mol. The van der Waals surface area contributed by atoms with Crippen LogP contribution in [0.1, 0.15) is 50.7 Å². The van der Waals surface area contributed by atoms with Crippen molar-refractivity contribution >= 4 is 11.6 Å². The van der Waals surface area contributed by atoms with Gasteiger partial charge < -0.3 is 14.7 Å². The van der Waals surface area contributed by atoms with Crippen LogP contribution in [0.5, 0.6) is 0 Å². The van der Waals surface area contributed by atoms with Crippen LogP contribution in [-0.4, -0.2) is 61.0 Å². The third kappa shape index (κ3) is 4.16. The highest BCUT2D eigenvalue weighted by Crippen LogP contribution is 2.34. The van der Waals surface area contributed by atoms with E-state index in [1.165, 1.54) is 63.1 Å². The number of hydrogen-bond donors (Lipinski definition) is 0. The van der Waals surface area contributed by atoms with E-state index in [9.17, 15) is 4.79 Å². The zero-order valence-corrected chi connectivity index (χ0v) is 17.1. The van der Waals surface area contributed by atoms with Gasteiger partial charge in [0.15, 0.2) is 0 Å². The van der Waals surface area contributed by atoms with Crippen LogP contribution in [-0.2, 0) is 17.6 Å². The highest BCUT2D eigenvalue weighted by Gasteiger charge is 2.29. The van der Waals surface area contributed by atoms with Gasteiger partial charge >= 0.3 is 0 Å². The highest BCUT2D eigenvalue weighted by atomic mass is 16.2. The van der Waals surface area contributed by atoms with E-state index in [0.717, 1.165) is 37.9 Å². The maximum atomic E-state index is 11.5. The molecule has 3 heterocycles. The van der Waals surface area contributed by atoms with E-state index in [1.807, 2.05) is 4.90 Å². The number of likely N-dealkylation sites (tertiary alicyclic amines) is 2. The second-order valence-electron chi connectivity index (χ2n) is 8.73. The summed E-state index contributed by atoms with van der Waals surface area (Å²) in [6, 6.07) is 7.96. The summed E-state index contributed by atoms with van der Waals surface area (Å²) >= 11 is 0. The molecule has 2 fully saturated rings. The van der Waals surface area contributed by atoms with E-state index < -0.39 is 0 Å². The summed E-state index contributed by atoms with van der Waals surface area (Å²) in [7, 11) is 0. The van der Waals surface area contributed by atoms with E-state index in [2.05, 4.69) is 34.9 Å². The summed E-state index contributed by atoms with van der Waals surface area (Å²) in [6.45, 7) is 10.7. The molecule has 2 saturated heterocycles. The lowest BCUT2D eigenvalue weighted by atomic mass is 9.89. The van der Waals surface area contributed by atoms with Gasteiger partial charge in [0.1, 0.15) is 0 Å². The van der Waals surface area contributed by atoms with Crippen molar-refractivity contribution in [3.05, 3.63) is 29.3 Å². The molecule has 4 rings (SSSR count). The molecule has 0 aromatic heterocycles. The number of amides is 1. The number of hydrogen-bond acceptors (Lipinski definition) is 3. The number of carbonyl (C=O) groups is 1. The van der Waals surface area contributed by atoms with E-state index in [1.54, 1.807) is 12.5 Å². The first-order chi connectivity index (χ1) is 13.1. The molecular weight excluding hydrogens is 334 g/mol. The smallest absolute Gasteiger partial charge is 0.219 e. The quantitative estimate of drug-likeness (QED) is 0.814. The number of benzene rings is 1. The minimum atomic E-state index is 0.232. The molecule has 0 atom stereocenters. The maximum Gasteiger partial charge on any atom is 0.219 e. The van der Waals surface area contributed by atoms with Gasteiger partial charge in [0.05, 0.1) is 0 Å². The lowest BCUT2D eigenvalue weighted by molar-refractivity contribution is -0.130. The van der Waals surface area contributed by atoms with Gasteiger partial charge in [-0.1, -0.05) is 19.1 Å². The minimum Gasteiger partial charge on any atom is -0.368 e. The number of piperidine rings is 2. The van der Waals surface area contributed by atoms with Crippen LogP contribution in [0.15, 0.2) is 18.2 Å². The second kappa shape index (κ2) is 8.22. The Labute approximate surface area is 164 Å². The largest absolute Gasteiger partial charge is 0.368 e. The van der Waals surface area contributed by atoms with Crippen LogP contribution >= 0.6 is 0 Å². The number of anilines is 1. The first-order valence-corrected chi connectivity index (χ1v) is 11.0. The molecule has 4 nitrogen and oxygen atoms in total. The van der Waals surface area contributed by atoms with Gasteiger partial charge in [0.25, 0.3) is 0 Å². The third-order valence-corrected chi connectivity index (χ3v) is 7.11. The summed E-state index contributed by atoms with van der Waals surface area (Å²) in [5, 5.41) is 0. The Hall–Kier alpha value is -1.55. The Morgan fingerprint density at radius 2 is 1.78 bits per heavy atom. The minimum absolute atomic E-state index is 0.232. The normalized spacial score (nSPS) is 22.3. The molecule has 1 amide bonds. The van der Waals surface area contributed by atoms with E-state index in [0.29, 0.717) is 0 Å². The van der Waals surface area contributed by atoms with Gasteiger partial charge in [-0.15, -0.1) is 0 Å². The van der Waals surface area contributed by atoms with Crippen molar-refractivity contribution in [1.82, 2.24) is 9.80 Å². The molecule has 3 aliphatic heterocycles. The fraction of sp³-hybridized carbons (Fsp3) is 0.696. The third-order valence-electron chi connectivity index (χ3n) is 7.11. The Bertz CT molecular complexity index is 658. The van der Waals surface area contributed by atoms with E-state index >= 15 is 0 Å². The fourth-order valence-corrected chi connectivity index (χ4v) is 5.29. The molecule has 0 bridgehead atoms. The van der Waals surface area contributed by atoms with Gasteiger partial charge in [0, 0.05) is 51.4 Å². The van der Waals surface area contributed by atoms with Crippen LogP contribution in [0.25, 0.3) is 0 Å². The first kappa shape index (κ1) is 18.8. The van der Waals surface area contributed by atoms with Crippen molar-refractivity contribution in [2.45, 2.75) is 58.4 Å². The van der Waals surface area contributed by atoms with Crippen LogP contribution in [0.2, 0.25) is 0 Å². The lowest BCUT2D eigenvalue weighted by Gasteiger charge is -2.38. The predicted octanol–water partition coefficient (Wildman–Crippen LogP) is 3.33. The number of nitrogens with zero attached hydrogens (tertiary/aromatic N) is 3. The van der Waals surface area contributed by atoms with Gasteiger partial charge in [-0.05, 0) is 68.2 Å². The Morgan fingerprint density at radius 1 is 1.04 bits per heavy atom.